The lowest BCUT2D eigenvalue weighted by Gasteiger charge is -2.19. The van der Waals surface area contributed by atoms with Crippen LogP contribution in [0.15, 0.2) is 36.0 Å². The van der Waals surface area contributed by atoms with E-state index in [4.69, 9.17) is 0 Å². The van der Waals surface area contributed by atoms with Crippen molar-refractivity contribution in [3.05, 3.63) is 36.0 Å². The summed E-state index contributed by atoms with van der Waals surface area (Å²) in [5.41, 5.74) is 2.73. The Morgan fingerprint density at radius 2 is 1.77 bits per heavy atom. The molecular weight excluding hydrogens is 266 g/mol. The van der Waals surface area contributed by atoms with Crippen LogP contribution in [0.5, 0.6) is 0 Å². The van der Waals surface area contributed by atoms with Gasteiger partial charge >= 0.3 is 0 Å². The second-order valence-corrected chi connectivity index (χ2v) is 7.07. The maximum Gasteiger partial charge on any atom is 0.00105 e. The van der Waals surface area contributed by atoms with Crippen molar-refractivity contribution in [1.82, 2.24) is 5.32 Å². The van der Waals surface area contributed by atoms with E-state index < -0.39 is 0 Å². The van der Waals surface area contributed by atoms with Crippen LogP contribution in [-0.2, 0) is 0 Å². The molecule has 0 aliphatic carbocycles. The van der Waals surface area contributed by atoms with E-state index >= 15 is 0 Å². The van der Waals surface area contributed by atoms with E-state index in [1.165, 1.54) is 30.4 Å². The molecule has 0 aromatic carbocycles. The van der Waals surface area contributed by atoms with Crippen LogP contribution in [-0.4, -0.2) is 12.6 Å². The average Bonchev–Trinajstić information content (AvgIpc) is 2.43. The Bertz CT molecular complexity index is 347. The van der Waals surface area contributed by atoms with E-state index in [1.807, 2.05) is 0 Å². The molecule has 0 radical (unpaired) electrons. The van der Waals surface area contributed by atoms with Crippen molar-refractivity contribution in [3.8, 4) is 0 Å². The van der Waals surface area contributed by atoms with Gasteiger partial charge in [-0.25, -0.2) is 0 Å². The lowest BCUT2D eigenvalue weighted by atomic mass is 9.87. The summed E-state index contributed by atoms with van der Waals surface area (Å²) in [4.78, 5) is 0. The topological polar surface area (TPSA) is 12.0 Å². The molecule has 0 saturated heterocycles. The van der Waals surface area contributed by atoms with Gasteiger partial charge in [0, 0.05) is 6.04 Å². The summed E-state index contributed by atoms with van der Waals surface area (Å²) in [5, 5.41) is 3.49. The molecule has 22 heavy (non-hydrogen) atoms. The summed E-state index contributed by atoms with van der Waals surface area (Å²) in [6, 6.07) is 0.557. The molecule has 1 unspecified atom stereocenters. The van der Waals surface area contributed by atoms with Crippen LogP contribution in [0.3, 0.4) is 0 Å². The zero-order valence-electron chi connectivity index (χ0n) is 15.9. The molecule has 0 saturated carbocycles. The van der Waals surface area contributed by atoms with Crippen LogP contribution < -0.4 is 5.32 Å². The molecule has 0 heterocycles. The number of allylic oxidation sites excluding steroid dienone is 4. The summed E-state index contributed by atoms with van der Waals surface area (Å²) in [6.45, 7) is 18.9. The fourth-order valence-corrected chi connectivity index (χ4v) is 2.74. The minimum absolute atomic E-state index is 0.557. The van der Waals surface area contributed by atoms with E-state index in [0.717, 1.165) is 25.3 Å². The number of rotatable bonds is 12. The highest BCUT2D eigenvalue weighted by Gasteiger charge is 2.11. The van der Waals surface area contributed by atoms with Gasteiger partial charge in [-0.3, -0.25) is 0 Å². The van der Waals surface area contributed by atoms with Crippen molar-refractivity contribution < 1.29 is 0 Å². The Balaban J connectivity index is 4.63. The molecule has 1 nitrogen and oxygen atoms in total. The van der Waals surface area contributed by atoms with E-state index in [-0.39, 0.29) is 0 Å². The minimum Gasteiger partial charge on any atom is -0.314 e. The fraction of sp³-hybridized carbons (Fsp3) is 0.714. The monoisotopic (exact) mass is 305 g/mol. The predicted octanol–water partition coefficient (Wildman–Crippen LogP) is 6.29. The Morgan fingerprint density at radius 1 is 1.09 bits per heavy atom. The van der Waals surface area contributed by atoms with Crippen molar-refractivity contribution in [1.29, 1.82) is 0 Å². The van der Waals surface area contributed by atoms with Crippen LogP contribution in [0, 0.1) is 11.8 Å². The van der Waals surface area contributed by atoms with Crippen LogP contribution in [0.25, 0.3) is 0 Å². The summed E-state index contributed by atoms with van der Waals surface area (Å²) in [6.07, 6.45) is 12.8. The number of nitrogens with one attached hydrogen (secondary N) is 1. The average molecular weight is 306 g/mol. The van der Waals surface area contributed by atoms with E-state index in [1.54, 1.807) is 0 Å². The van der Waals surface area contributed by atoms with E-state index in [2.05, 4.69) is 71.7 Å². The molecule has 0 aliphatic rings. The van der Waals surface area contributed by atoms with Crippen molar-refractivity contribution in [2.24, 2.45) is 11.8 Å². The molecule has 1 heteroatoms. The summed E-state index contributed by atoms with van der Waals surface area (Å²) in [5.74, 6) is 1.38. The molecule has 0 aromatic rings. The lowest BCUT2D eigenvalue weighted by molar-refractivity contribution is 0.437. The van der Waals surface area contributed by atoms with Crippen molar-refractivity contribution in [2.45, 2.75) is 79.7 Å². The molecule has 1 atom stereocenters. The zero-order chi connectivity index (χ0) is 17.0. The van der Waals surface area contributed by atoms with Gasteiger partial charge in [-0.1, -0.05) is 83.9 Å². The fourth-order valence-electron chi connectivity index (χ4n) is 2.74. The second-order valence-electron chi connectivity index (χ2n) is 7.07. The number of hydrogen-bond donors (Lipinski definition) is 1. The molecule has 0 fully saturated rings. The normalized spacial score (nSPS) is 14.3. The summed E-state index contributed by atoms with van der Waals surface area (Å²) >= 11 is 0. The van der Waals surface area contributed by atoms with Crippen LogP contribution in [0.1, 0.15) is 73.6 Å². The zero-order valence-corrected chi connectivity index (χ0v) is 15.9. The molecule has 0 bridgehead atoms. The largest absolute Gasteiger partial charge is 0.314 e. The molecule has 0 amide bonds. The van der Waals surface area contributed by atoms with E-state index in [0.29, 0.717) is 12.0 Å². The first-order valence-corrected chi connectivity index (χ1v) is 9.19. The first-order valence-electron chi connectivity index (χ1n) is 9.19. The predicted molar refractivity (Wildman–Crippen MR) is 102 cm³/mol. The first kappa shape index (κ1) is 21.2. The third-order valence-corrected chi connectivity index (χ3v) is 3.86. The van der Waals surface area contributed by atoms with Crippen molar-refractivity contribution in [2.75, 3.05) is 6.54 Å². The standard InChI is InChI=1S/C21H39N/c1-8-10-20(14-15-22-18(5)6)13-12-19(7)21(11-9-2)16-17(3)4/h10,12-13,17-18,21-22H,7-9,11,14-16H2,1-6H3/b13-12-,20-10+. The van der Waals surface area contributed by atoms with Gasteiger partial charge in [0.2, 0.25) is 0 Å². The second kappa shape index (κ2) is 12.7. The molecule has 128 valence electrons. The van der Waals surface area contributed by atoms with Crippen LogP contribution in [0.4, 0.5) is 0 Å². The SMILES string of the molecule is C=C(/C=C\C(=C/CC)CCNC(C)C)C(CCC)CC(C)C. The Hall–Kier alpha value is -0.820. The molecule has 0 spiro atoms. The van der Waals surface area contributed by atoms with Gasteiger partial charge in [0.15, 0.2) is 0 Å². The van der Waals surface area contributed by atoms with Gasteiger partial charge in [0.05, 0.1) is 0 Å². The number of hydrogen-bond acceptors (Lipinski definition) is 1. The molecule has 0 aromatic heterocycles. The Labute approximate surface area is 140 Å². The van der Waals surface area contributed by atoms with Gasteiger partial charge < -0.3 is 5.32 Å². The van der Waals surface area contributed by atoms with E-state index in [9.17, 15) is 0 Å². The lowest BCUT2D eigenvalue weighted by Crippen LogP contribution is -2.23. The van der Waals surface area contributed by atoms with Crippen LogP contribution >= 0.6 is 0 Å². The van der Waals surface area contributed by atoms with Gasteiger partial charge in [0.25, 0.3) is 0 Å². The maximum absolute atomic E-state index is 4.34. The molecule has 0 aliphatic heterocycles. The summed E-state index contributed by atoms with van der Waals surface area (Å²) < 4.78 is 0. The van der Waals surface area contributed by atoms with Crippen molar-refractivity contribution >= 4 is 0 Å². The van der Waals surface area contributed by atoms with Gasteiger partial charge in [-0.2, -0.15) is 0 Å². The third-order valence-electron chi connectivity index (χ3n) is 3.86. The molecule has 0 rings (SSSR count). The molecular formula is C21H39N. The maximum atomic E-state index is 4.34. The first-order chi connectivity index (χ1) is 10.4. The van der Waals surface area contributed by atoms with Gasteiger partial charge in [0.1, 0.15) is 0 Å². The van der Waals surface area contributed by atoms with Gasteiger partial charge in [-0.15, -0.1) is 0 Å². The summed E-state index contributed by atoms with van der Waals surface area (Å²) in [7, 11) is 0. The quantitative estimate of drug-likeness (QED) is 0.418. The van der Waals surface area contributed by atoms with Gasteiger partial charge in [-0.05, 0) is 44.1 Å². The highest BCUT2D eigenvalue weighted by atomic mass is 14.9. The minimum atomic E-state index is 0.557. The smallest absolute Gasteiger partial charge is 0.00105 e. The van der Waals surface area contributed by atoms with Crippen LogP contribution in [0.2, 0.25) is 0 Å². The highest BCUT2D eigenvalue weighted by Crippen LogP contribution is 2.25. The van der Waals surface area contributed by atoms with Crippen molar-refractivity contribution in [3.63, 3.8) is 0 Å². The molecule has 1 N–H and O–H groups in total. The highest BCUT2D eigenvalue weighted by molar-refractivity contribution is 5.28. The third kappa shape index (κ3) is 10.8. The Kier molecular flexibility index (Phi) is 12.2. The Morgan fingerprint density at radius 3 is 2.27 bits per heavy atom.